The SMILES string of the molecule is O=C(O)c1ccc2c(C3CCCCC3)c3n(c2c1)C(O)c1cc(OCc2ccccc2)ccc1-3. The average Bonchev–Trinajstić information content (AvgIpc) is 3.36. The Hall–Kier alpha value is -3.57. The molecule has 1 atom stereocenters. The molecule has 1 aliphatic heterocycles. The Kier molecular flexibility index (Phi) is 5.15. The Morgan fingerprint density at radius 2 is 1.76 bits per heavy atom. The number of fused-ring (bicyclic) bond motifs is 5. The molecule has 1 saturated carbocycles. The summed E-state index contributed by atoms with van der Waals surface area (Å²) >= 11 is 0. The molecule has 4 aromatic rings. The number of nitrogens with zero attached hydrogens (tertiary/aromatic N) is 1. The third-order valence-electron chi connectivity index (χ3n) is 7.35. The Morgan fingerprint density at radius 3 is 2.53 bits per heavy atom. The quantitative estimate of drug-likeness (QED) is 0.362. The molecule has 0 amide bonds. The minimum absolute atomic E-state index is 0.234. The van der Waals surface area contributed by atoms with E-state index < -0.39 is 12.2 Å². The maximum absolute atomic E-state index is 11.7. The van der Waals surface area contributed by atoms with Gasteiger partial charge in [-0.15, -0.1) is 0 Å². The molecular formula is C29H27NO4. The first-order valence-electron chi connectivity index (χ1n) is 12.0. The van der Waals surface area contributed by atoms with Crippen molar-refractivity contribution in [3.05, 3.63) is 89.0 Å². The highest BCUT2D eigenvalue weighted by molar-refractivity contribution is 5.99. The molecule has 0 spiro atoms. The minimum atomic E-state index is -0.960. The molecule has 1 aliphatic carbocycles. The number of carboxylic acids is 1. The van der Waals surface area contributed by atoms with Gasteiger partial charge in [-0.2, -0.15) is 0 Å². The molecule has 34 heavy (non-hydrogen) atoms. The van der Waals surface area contributed by atoms with Gasteiger partial charge < -0.3 is 19.5 Å². The van der Waals surface area contributed by atoms with Crippen molar-refractivity contribution in [2.75, 3.05) is 0 Å². The summed E-state index contributed by atoms with van der Waals surface area (Å²) in [6, 6.07) is 21.3. The predicted octanol–water partition coefficient (Wildman–Crippen LogP) is 6.49. The summed E-state index contributed by atoms with van der Waals surface area (Å²) in [6.07, 6.45) is 5.02. The van der Waals surface area contributed by atoms with Gasteiger partial charge in [0.25, 0.3) is 0 Å². The molecule has 1 unspecified atom stereocenters. The molecule has 0 radical (unpaired) electrons. The van der Waals surface area contributed by atoms with E-state index in [0.717, 1.165) is 46.1 Å². The van der Waals surface area contributed by atoms with E-state index >= 15 is 0 Å². The molecule has 1 fully saturated rings. The van der Waals surface area contributed by atoms with Crippen molar-refractivity contribution in [2.24, 2.45) is 0 Å². The van der Waals surface area contributed by atoms with Crippen molar-refractivity contribution >= 4 is 16.9 Å². The number of aliphatic hydroxyl groups is 1. The third kappa shape index (κ3) is 3.39. The van der Waals surface area contributed by atoms with Crippen LogP contribution in [0.1, 0.15) is 71.3 Å². The lowest BCUT2D eigenvalue weighted by molar-refractivity contribution is 0.0697. The van der Waals surface area contributed by atoms with Gasteiger partial charge in [0.05, 0.1) is 16.8 Å². The largest absolute Gasteiger partial charge is 0.489 e. The zero-order valence-electron chi connectivity index (χ0n) is 18.9. The van der Waals surface area contributed by atoms with E-state index in [1.807, 2.05) is 59.2 Å². The molecule has 0 bridgehead atoms. The fourth-order valence-corrected chi connectivity index (χ4v) is 5.74. The van der Waals surface area contributed by atoms with Crippen LogP contribution in [0.3, 0.4) is 0 Å². The summed E-state index contributed by atoms with van der Waals surface area (Å²) in [5, 5.41) is 22.1. The van der Waals surface area contributed by atoms with Crippen LogP contribution in [0.25, 0.3) is 22.2 Å². The van der Waals surface area contributed by atoms with Gasteiger partial charge in [-0.3, -0.25) is 0 Å². The third-order valence-corrected chi connectivity index (χ3v) is 7.35. The molecule has 2 N–H and O–H groups in total. The smallest absolute Gasteiger partial charge is 0.335 e. The maximum atomic E-state index is 11.7. The fourth-order valence-electron chi connectivity index (χ4n) is 5.74. The second kappa shape index (κ2) is 8.33. The van der Waals surface area contributed by atoms with Crippen LogP contribution in [0.4, 0.5) is 0 Å². The summed E-state index contributed by atoms with van der Waals surface area (Å²) in [5.41, 5.74) is 6.20. The van der Waals surface area contributed by atoms with E-state index in [0.29, 0.717) is 18.3 Å². The minimum Gasteiger partial charge on any atom is -0.489 e. The predicted molar refractivity (Wildman–Crippen MR) is 131 cm³/mol. The molecule has 3 aromatic carbocycles. The van der Waals surface area contributed by atoms with E-state index in [2.05, 4.69) is 0 Å². The van der Waals surface area contributed by atoms with Crippen LogP contribution in [0.5, 0.6) is 5.75 Å². The van der Waals surface area contributed by atoms with Gasteiger partial charge in [0.1, 0.15) is 12.4 Å². The zero-order valence-corrected chi connectivity index (χ0v) is 18.9. The number of aliphatic hydroxyl groups excluding tert-OH is 1. The zero-order chi connectivity index (χ0) is 23.2. The summed E-state index contributed by atoms with van der Waals surface area (Å²) < 4.78 is 7.96. The van der Waals surface area contributed by atoms with E-state index in [4.69, 9.17) is 4.74 Å². The molecule has 1 aromatic heterocycles. The highest BCUT2D eigenvalue weighted by Crippen LogP contribution is 2.51. The van der Waals surface area contributed by atoms with Gasteiger partial charge >= 0.3 is 5.97 Å². The van der Waals surface area contributed by atoms with Crippen molar-refractivity contribution in [1.29, 1.82) is 0 Å². The number of aromatic carboxylic acids is 1. The van der Waals surface area contributed by atoms with Gasteiger partial charge in [-0.05, 0) is 60.2 Å². The summed E-state index contributed by atoms with van der Waals surface area (Å²) in [7, 11) is 0. The fraction of sp³-hybridized carbons (Fsp3) is 0.276. The monoisotopic (exact) mass is 453 g/mol. The number of hydrogen-bond acceptors (Lipinski definition) is 3. The first-order chi connectivity index (χ1) is 16.6. The lowest BCUT2D eigenvalue weighted by Gasteiger charge is -2.23. The molecule has 172 valence electrons. The van der Waals surface area contributed by atoms with Crippen LogP contribution in [-0.4, -0.2) is 20.7 Å². The topological polar surface area (TPSA) is 71.7 Å². The molecule has 6 rings (SSSR count). The molecule has 5 heteroatoms. The Morgan fingerprint density at radius 1 is 0.971 bits per heavy atom. The summed E-state index contributed by atoms with van der Waals surface area (Å²) in [4.78, 5) is 11.7. The van der Waals surface area contributed by atoms with Crippen LogP contribution in [0.15, 0.2) is 66.7 Å². The number of ether oxygens (including phenoxy) is 1. The van der Waals surface area contributed by atoms with Crippen molar-refractivity contribution in [3.8, 4) is 17.0 Å². The standard InChI is InChI=1S/C29H27NO4/c31-28-24-16-21(34-17-18-7-3-1-4-8-18)12-14-22(24)27-26(19-9-5-2-6-10-19)23-13-11-20(29(32)33)15-25(23)30(27)28/h1,3-4,7-8,11-16,19,28,31H,2,5-6,9-10,17H2,(H,32,33). The van der Waals surface area contributed by atoms with Crippen LogP contribution in [0, 0.1) is 0 Å². The van der Waals surface area contributed by atoms with E-state index in [1.54, 1.807) is 12.1 Å². The van der Waals surface area contributed by atoms with Gasteiger partial charge in [0.15, 0.2) is 6.23 Å². The maximum Gasteiger partial charge on any atom is 0.335 e. The number of rotatable bonds is 5. The first kappa shape index (κ1) is 21.0. The lowest BCUT2D eigenvalue weighted by atomic mass is 9.81. The van der Waals surface area contributed by atoms with Gasteiger partial charge in [0.2, 0.25) is 0 Å². The number of carbonyl (C=O) groups is 1. The number of carboxylic acid groups (broad SMARTS) is 1. The van der Waals surface area contributed by atoms with E-state index in [9.17, 15) is 15.0 Å². The van der Waals surface area contributed by atoms with Gasteiger partial charge in [-0.25, -0.2) is 4.79 Å². The van der Waals surface area contributed by atoms with E-state index in [-0.39, 0.29) is 5.56 Å². The van der Waals surface area contributed by atoms with Crippen molar-refractivity contribution < 1.29 is 19.7 Å². The molecular weight excluding hydrogens is 426 g/mol. The van der Waals surface area contributed by atoms with Crippen molar-refractivity contribution in [1.82, 2.24) is 4.57 Å². The second-order valence-electron chi connectivity index (χ2n) is 9.40. The Bertz CT molecular complexity index is 1380. The van der Waals surface area contributed by atoms with Gasteiger partial charge in [0, 0.05) is 16.5 Å². The number of hydrogen-bond donors (Lipinski definition) is 2. The van der Waals surface area contributed by atoms with Gasteiger partial charge in [-0.1, -0.05) is 55.7 Å². The first-order valence-corrected chi connectivity index (χ1v) is 12.0. The Balaban J connectivity index is 1.46. The van der Waals surface area contributed by atoms with Crippen LogP contribution in [0.2, 0.25) is 0 Å². The van der Waals surface area contributed by atoms with Crippen LogP contribution in [-0.2, 0) is 6.61 Å². The summed E-state index contributed by atoms with van der Waals surface area (Å²) in [5.74, 6) is 0.163. The lowest BCUT2D eigenvalue weighted by Crippen LogP contribution is -2.06. The molecule has 5 nitrogen and oxygen atoms in total. The van der Waals surface area contributed by atoms with Crippen LogP contribution < -0.4 is 4.74 Å². The van der Waals surface area contributed by atoms with E-state index in [1.165, 1.54) is 24.8 Å². The summed E-state index contributed by atoms with van der Waals surface area (Å²) in [6.45, 7) is 0.459. The number of benzene rings is 3. The highest BCUT2D eigenvalue weighted by Gasteiger charge is 2.35. The van der Waals surface area contributed by atoms with Crippen molar-refractivity contribution in [3.63, 3.8) is 0 Å². The average molecular weight is 454 g/mol. The molecule has 0 saturated heterocycles. The number of aromatic nitrogens is 1. The van der Waals surface area contributed by atoms with Crippen molar-refractivity contribution in [2.45, 2.75) is 50.9 Å². The normalized spacial score (nSPS) is 17.5. The molecule has 2 aliphatic rings. The van der Waals surface area contributed by atoms with Crippen LogP contribution >= 0.6 is 0 Å². The highest BCUT2D eigenvalue weighted by atomic mass is 16.5. The Labute approximate surface area is 198 Å². The molecule has 2 heterocycles. The second-order valence-corrected chi connectivity index (χ2v) is 9.40.